The SMILES string of the molecule is C=CC(=O)OCCSc1nc(Sc2ccccc2)nc(Sc2ccccc2)n1. The molecule has 28 heavy (non-hydrogen) atoms. The van der Waals surface area contributed by atoms with Gasteiger partial charge in [0.15, 0.2) is 15.5 Å². The number of ether oxygens (including phenoxy) is 1. The number of aromatic nitrogens is 3. The summed E-state index contributed by atoms with van der Waals surface area (Å²) in [5, 5.41) is 1.86. The average molecular weight is 428 g/mol. The fourth-order valence-corrected chi connectivity index (χ4v) is 4.36. The Morgan fingerprint density at radius 1 is 0.857 bits per heavy atom. The largest absolute Gasteiger partial charge is 0.462 e. The Morgan fingerprint density at radius 3 is 1.86 bits per heavy atom. The minimum atomic E-state index is -0.433. The predicted molar refractivity (Wildman–Crippen MR) is 113 cm³/mol. The summed E-state index contributed by atoms with van der Waals surface area (Å²) in [6.45, 7) is 3.65. The van der Waals surface area contributed by atoms with E-state index in [0.717, 1.165) is 15.9 Å². The highest BCUT2D eigenvalue weighted by atomic mass is 32.2. The lowest BCUT2D eigenvalue weighted by molar-refractivity contribution is -0.137. The number of rotatable bonds is 9. The van der Waals surface area contributed by atoms with Crippen molar-refractivity contribution in [1.82, 2.24) is 15.0 Å². The highest BCUT2D eigenvalue weighted by molar-refractivity contribution is 8.00. The summed E-state index contributed by atoms with van der Waals surface area (Å²) < 4.78 is 5.01. The molecule has 1 aromatic heterocycles. The van der Waals surface area contributed by atoms with Crippen LogP contribution in [0.5, 0.6) is 0 Å². The lowest BCUT2D eigenvalue weighted by Gasteiger charge is -2.07. The van der Waals surface area contributed by atoms with Crippen LogP contribution in [-0.2, 0) is 9.53 Å². The zero-order valence-corrected chi connectivity index (χ0v) is 17.3. The molecule has 0 aliphatic rings. The third-order valence-electron chi connectivity index (χ3n) is 3.20. The Labute approximate surface area is 176 Å². The van der Waals surface area contributed by atoms with E-state index >= 15 is 0 Å². The maximum absolute atomic E-state index is 11.1. The number of carbonyl (C=O) groups is 1. The Balaban J connectivity index is 1.75. The van der Waals surface area contributed by atoms with Gasteiger partial charge in [-0.25, -0.2) is 4.79 Å². The second-order valence-corrected chi connectivity index (χ2v) is 8.38. The molecule has 2 aromatic carbocycles. The van der Waals surface area contributed by atoms with Gasteiger partial charge >= 0.3 is 5.97 Å². The molecule has 0 amide bonds. The second kappa shape index (κ2) is 10.9. The van der Waals surface area contributed by atoms with Crippen LogP contribution in [0.2, 0.25) is 0 Å². The molecule has 1 heterocycles. The van der Waals surface area contributed by atoms with Crippen molar-refractivity contribution >= 4 is 41.3 Å². The average Bonchev–Trinajstić information content (AvgIpc) is 2.72. The van der Waals surface area contributed by atoms with Crippen LogP contribution in [0, 0.1) is 0 Å². The van der Waals surface area contributed by atoms with Crippen molar-refractivity contribution < 1.29 is 9.53 Å². The molecule has 0 aliphatic heterocycles. The Bertz CT molecular complexity index is 865. The van der Waals surface area contributed by atoms with E-state index in [0.29, 0.717) is 21.2 Å². The standard InChI is InChI=1S/C20H17N3O2S3/c1-2-17(24)25-13-14-26-18-21-19(27-15-9-5-3-6-10-15)23-20(22-18)28-16-11-7-4-8-12-16/h2-12H,1,13-14H2. The van der Waals surface area contributed by atoms with Crippen molar-refractivity contribution in [2.75, 3.05) is 12.4 Å². The van der Waals surface area contributed by atoms with Gasteiger partial charge in [-0.3, -0.25) is 0 Å². The van der Waals surface area contributed by atoms with Crippen molar-refractivity contribution in [3.8, 4) is 0 Å². The molecule has 3 rings (SSSR count). The van der Waals surface area contributed by atoms with Crippen molar-refractivity contribution in [2.45, 2.75) is 25.3 Å². The van der Waals surface area contributed by atoms with Crippen LogP contribution in [0.1, 0.15) is 0 Å². The highest BCUT2D eigenvalue weighted by Gasteiger charge is 2.10. The number of hydrogen-bond donors (Lipinski definition) is 0. The molecule has 0 saturated carbocycles. The number of nitrogens with zero attached hydrogens (tertiary/aromatic N) is 3. The molecular formula is C20H17N3O2S3. The van der Waals surface area contributed by atoms with E-state index in [1.54, 1.807) is 0 Å². The number of carbonyl (C=O) groups excluding carboxylic acids is 1. The summed E-state index contributed by atoms with van der Waals surface area (Å²) >= 11 is 4.40. The Hall–Kier alpha value is -2.29. The number of thioether (sulfide) groups is 1. The fourth-order valence-electron chi connectivity index (χ4n) is 2.00. The topological polar surface area (TPSA) is 65.0 Å². The lowest BCUT2D eigenvalue weighted by atomic mass is 10.4. The third kappa shape index (κ3) is 6.70. The van der Waals surface area contributed by atoms with Gasteiger partial charge < -0.3 is 4.74 Å². The van der Waals surface area contributed by atoms with Crippen LogP contribution in [0.25, 0.3) is 0 Å². The molecule has 0 spiro atoms. The molecule has 0 aliphatic carbocycles. The zero-order chi connectivity index (χ0) is 19.6. The first kappa shape index (κ1) is 20.4. The molecule has 5 nitrogen and oxygen atoms in total. The molecule has 0 unspecified atom stereocenters. The van der Waals surface area contributed by atoms with Gasteiger partial charge in [-0.1, -0.05) is 54.7 Å². The minimum absolute atomic E-state index is 0.267. The molecule has 142 valence electrons. The first-order chi connectivity index (χ1) is 13.7. The number of esters is 1. The van der Waals surface area contributed by atoms with Crippen molar-refractivity contribution in [3.05, 3.63) is 73.3 Å². The summed E-state index contributed by atoms with van der Waals surface area (Å²) in [6, 6.07) is 19.9. The van der Waals surface area contributed by atoms with Crippen molar-refractivity contribution in [3.63, 3.8) is 0 Å². The summed E-state index contributed by atoms with van der Waals surface area (Å²) in [7, 11) is 0. The normalized spacial score (nSPS) is 10.4. The van der Waals surface area contributed by atoms with E-state index in [9.17, 15) is 4.79 Å². The van der Waals surface area contributed by atoms with E-state index in [-0.39, 0.29) is 6.61 Å². The maximum atomic E-state index is 11.1. The van der Waals surface area contributed by atoms with Gasteiger partial charge in [0.05, 0.1) is 0 Å². The third-order valence-corrected chi connectivity index (χ3v) is 5.76. The van der Waals surface area contributed by atoms with E-state index in [1.807, 2.05) is 60.7 Å². The van der Waals surface area contributed by atoms with E-state index in [2.05, 4.69) is 21.5 Å². The smallest absolute Gasteiger partial charge is 0.330 e. The lowest BCUT2D eigenvalue weighted by Crippen LogP contribution is -2.04. The van der Waals surface area contributed by atoms with Crippen LogP contribution in [0.15, 0.2) is 98.6 Å². The van der Waals surface area contributed by atoms with Crippen molar-refractivity contribution in [1.29, 1.82) is 0 Å². The quantitative estimate of drug-likeness (QED) is 0.205. The minimum Gasteiger partial charge on any atom is -0.462 e. The summed E-state index contributed by atoms with van der Waals surface area (Å²) in [4.78, 5) is 26.9. The van der Waals surface area contributed by atoms with Crippen LogP contribution in [0.4, 0.5) is 0 Å². The van der Waals surface area contributed by atoms with Gasteiger partial charge in [0.25, 0.3) is 0 Å². The molecular weight excluding hydrogens is 410 g/mol. The molecule has 0 fully saturated rings. The summed E-state index contributed by atoms with van der Waals surface area (Å²) in [5.74, 6) is 0.117. The van der Waals surface area contributed by atoms with E-state index < -0.39 is 5.97 Å². The first-order valence-corrected chi connectivity index (χ1v) is 11.0. The van der Waals surface area contributed by atoms with Gasteiger partial charge in [-0.15, -0.1) is 0 Å². The highest BCUT2D eigenvalue weighted by Crippen LogP contribution is 2.30. The molecule has 0 bridgehead atoms. The second-order valence-electron chi connectivity index (χ2n) is 5.23. The first-order valence-electron chi connectivity index (χ1n) is 8.37. The van der Waals surface area contributed by atoms with Gasteiger partial charge in [0.1, 0.15) is 6.61 Å². The Morgan fingerprint density at radius 2 is 1.36 bits per heavy atom. The summed E-state index contributed by atoms with van der Waals surface area (Å²) in [5.41, 5.74) is 0. The molecule has 0 saturated heterocycles. The van der Waals surface area contributed by atoms with Crippen LogP contribution in [0.3, 0.4) is 0 Å². The van der Waals surface area contributed by atoms with Crippen LogP contribution in [-0.4, -0.2) is 33.3 Å². The molecule has 0 N–H and O–H groups in total. The number of hydrogen-bond acceptors (Lipinski definition) is 8. The van der Waals surface area contributed by atoms with E-state index in [1.165, 1.54) is 35.3 Å². The van der Waals surface area contributed by atoms with Gasteiger partial charge in [-0.05, 0) is 47.8 Å². The van der Waals surface area contributed by atoms with Gasteiger partial charge in [0.2, 0.25) is 0 Å². The molecule has 0 atom stereocenters. The fraction of sp³-hybridized carbons (Fsp3) is 0.100. The van der Waals surface area contributed by atoms with Crippen LogP contribution < -0.4 is 0 Å². The van der Waals surface area contributed by atoms with Gasteiger partial charge in [0, 0.05) is 21.6 Å². The zero-order valence-electron chi connectivity index (χ0n) is 14.9. The molecule has 0 radical (unpaired) electrons. The number of benzene rings is 2. The van der Waals surface area contributed by atoms with Gasteiger partial charge in [-0.2, -0.15) is 15.0 Å². The van der Waals surface area contributed by atoms with Crippen molar-refractivity contribution in [2.24, 2.45) is 0 Å². The predicted octanol–water partition coefficient (Wildman–Crippen LogP) is 5.00. The molecule has 8 heteroatoms. The molecule has 3 aromatic rings. The Kier molecular flexibility index (Phi) is 7.95. The monoisotopic (exact) mass is 427 g/mol. The van der Waals surface area contributed by atoms with E-state index in [4.69, 9.17) is 4.74 Å². The van der Waals surface area contributed by atoms with Crippen LogP contribution >= 0.6 is 35.3 Å². The maximum Gasteiger partial charge on any atom is 0.330 e. The summed E-state index contributed by atoms with van der Waals surface area (Å²) in [6.07, 6.45) is 1.15.